The summed E-state index contributed by atoms with van der Waals surface area (Å²) in [6.07, 6.45) is -1.32. The van der Waals surface area contributed by atoms with Gasteiger partial charge in [0.05, 0.1) is 29.5 Å². The zero-order chi connectivity index (χ0) is 12.4. The molecule has 2 rings (SSSR count). The van der Waals surface area contributed by atoms with Crippen LogP contribution < -0.4 is 5.32 Å². The molecule has 17 heavy (non-hydrogen) atoms. The van der Waals surface area contributed by atoms with E-state index in [1.165, 1.54) is 12.4 Å². The molecule has 2 aromatic rings. The van der Waals surface area contributed by atoms with E-state index in [2.05, 4.69) is 9.97 Å². The minimum atomic E-state index is -2.67. The van der Waals surface area contributed by atoms with Crippen molar-refractivity contribution in [1.29, 1.82) is 0 Å². The fraction of sp³-hybridized carbons (Fsp3) is 0.200. The molecule has 0 spiro atoms. The smallest absolute Gasteiger partial charge is 0.255 e. The average molecular weight is 243 g/mol. The van der Waals surface area contributed by atoms with Gasteiger partial charge in [-0.2, -0.15) is 0 Å². The first-order valence-electron chi connectivity index (χ1n) is 4.77. The number of fused-ring (bicyclic) bond motifs is 1. The summed E-state index contributed by atoms with van der Waals surface area (Å²) in [6, 6.07) is 2.31. The summed E-state index contributed by atoms with van der Waals surface area (Å²) in [5, 5.41) is 1.93. The third kappa shape index (κ3) is 2.38. The first-order chi connectivity index (χ1) is 8.08. The van der Waals surface area contributed by atoms with Gasteiger partial charge in [-0.1, -0.05) is 0 Å². The van der Waals surface area contributed by atoms with Crippen molar-refractivity contribution in [3.8, 4) is 0 Å². The third-order valence-electron chi connectivity index (χ3n) is 2.17. The number of nitrogens with one attached hydrogen (secondary N) is 2. The van der Waals surface area contributed by atoms with Crippen molar-refractivity contribution in [2.24, 2.45) is 0 Å². The number of halogens is 3. The lowest BCUT2D eigenvalue weighted by atomic mass is 10.1. The zero-order valence-electron chi connectivity index (χ0n) is 8.51. The average Bonchev–Trinajstić information content (AvgIpc) is 2.71. The maximum atomic E-state index is 13.5. The first-order valence-corrected chi connectivity index (χ1v) is 4.77. The van der Waals surface area contributed by atoms with Crippen molar-refractivity contribution in [2.75, 3.05) is 6.54 Å². The molecular formula is C10H8F3N3O. The molecule has 4 nitrogen and oxygen atoms in total. The second kappa shape index (κ2) is 4.44. The van der Waals surface area contributed by atoms with Gasteiger partial charge in [-0.05, 0) is 6.07 Å². The Bertz CT molecular complexity index is 553. The first kappa shape index (κ1) is 11.4. The van der Waals surface area contributed by atoms with Crippen LogP contribution in [0.5, 0.6) is 0 Å². The minimum absolute atomic E-state index is 0.301. The van der Waals surface area contributed by atoms with E-state index in [-0.39, 0.29) is 5.56 Å². The molecule has 0 unspecified atom stereocenters. The number of imidazole rings is 1. The Morgan fingerprint density at radius 3 is 2.94 bits per heavy atom. The van der Waals surface area contributed by atoms with Crippen LogP contribution in [-0.2, 0) is 0 Å². The standard InChI is InChI=1S/C10H8F3N3O/c11-6-2-8-7(15-4-16-8)1-5(6)10(17)14-3-9(12)13/h1-2,4,9H,3H2,(H,14,17)(H,15,16). The fourth-order valence-corrected chi connectivity index (χ4v) is 1.39. The lowest BCUT2D eigenvalue weighted by molar-refractivity contribution is 0.0888. The number of hydrogen-bond acceptors (Lipinski definition) is 2. The Labute approximate surface area is 93.8 Å². The van der Waals surface area contributed by atoms with Gasteiger partial charge in [0.15, 0.2) is 0 Å². The van der Waals surface area contributed by atoms with Crippen molar-refractivity contribution in [3.05, 3.63) is 29.8 Å². The molecule has 1 aromatic carbocycles. The van der Waals surface area contributed by atoms with Crippen LogP contribution in [0.4, 0.5) is 13.2 Å². The Balaban J connectivity index is 2.27. The number of aromatic nitrogens is 2. The lowest BCUT2D eigenvalue weighted by Crippen LogP contribution is -2.29. The van der Waals surface area contributed by atoms with E-state index in [9.17, 15) is 18.0 Å². The molecule has 0 saturated heterocycles. The number of rotatable bonds is 3. The quantitative estimate of drug-likeness (QED) is 0.861. The highest BCUT2D eigenvalue weighted by Gasteiger charge is 2.15. The molecule has 7 heteroatoms. The van der Waals surface area contributed by atoms with E-state index >= 15 is 0 Å². The number of aromatic amines is 1. The van der Waals surface area contributed by atoms with E-state index in [0.29, 0.717) is 11.0 Å². The summed E-state index contributed by atoms with van der Waals surface area (Å²) in [4.78, 5) is 17.9. The van der Waals surface area contributed by atoms with Crippen molar-refractivity contribution < 1.29 is 18.0 Å². The summed E-state index contributed by atoms with van der Waals surface area (Å²) in [7, 11) is 0. The van der Waals surface area contributed by atoms with Gasteiger partial charge in [0, 0.05) is 6.07 Å². The number of hydrogen-bond donors (Lipinski definition) is 2. The summed E-state index contributed by atoms with van der Waals surface area (Å²) in [6.45, 7) is -0.809. The second-order valence-electron chi connectivity index (χ2n) is 3.35. The Kier molecular flexibility index (Phi) is 2.99. The zero-order valence-corrected chi connectivity index (χ0v) is 8.51. The van der Waals surface area contributed by atoms with Gasteiger partial charge in [0.1, 0.15) is 5.82 Å². The summed E-state index contributed by atoms with van der Waals surface area (Å²) in [5.74, 6) is -1.67. The Morgan fingerprint density at radius 2 is 2.24 bits per heavy atom. The monoisotopic (exact) mass is 243 g/mol. The van der Waals surface area contributed by atoms with E-state index in [4.69, 9.17) is 0 Å². The third-order valence-corrected chi connectivity index (χ3v) is 2.17. The van der Waals surface area contributed by atoms with E-state index < -0.39 is 24.7 Å². The van der Waals surface area contributed by atoms with E-state index in [1.54, 1.807) is 0 Å². The van der Waals surface area contributed by atoms with Gasteiger partial charge < -0.3 is 10.3 Å². The van der Waals surface area contributed by atoms with Crippen LogP contribution in [0.2, 0.25) is 0 Å². The molecule has 1 aromatic heterocycles. The minimum Gasteiger partial charge on any atom is -0.346 e. The van der Waals surface area contributed by atoms with Crippen molar-refractivity contribution in [1.82, 2.24) is 15.3 Å². The molecule has 0 aliphatic rings. The van der Waals surface area contributed by atoms with E-state index in [0.717, 1.165) is 6.07 Å². The highest BCUT2D eigenvalue weighted by molar-refractivity contribution is 5.97. The topological polar surface area (TPSA) is 57.8 Å². The van der Waals surface area contributed by atoms with Gasteiger partial charge in [-0.3, -0.25) is 4.79 Å². The highest BCUT2D eigenvalue weighted by atomic mass is 19.3. The predicted molar refractivity (Wildman–Crippen MR) is 54.4 cm³/mol. The molecule has 1 heterocycles. The van der Waals surface area contributed by atoms with Crippen LogP contribution in [0.15, 0.2) is 18.5 Å². The number of benzene rings is 1. The largest absolute Gasteiger partial charge is 0.346 e. The second-order valence-corrected chi connectivity index (χ2v) is 3.35. The summed E-state index contributed by atoms with van der Waals surface area (Å²) >= 11 is 0. The molecule has 1 amide bonds. The van der Waals surface area contributed by atoms with Gasteiger partial charge >= 0.3 is 0 Å². The normalized spacial score (nSPS) is 11.1. The lowest BCUT2D eigenvalue weighted by Gasteiger charge is -2.05. The van der Waals surface area contributed by atoms with Crippen LogP contribution >= 0.6 is 0 Å². The molecule has 2 N–H and O–H groups in total. The molecule has 0 atom stereocenters. The molecule has 0 saturated carbocycles. The number of carbonyl (C=O) groups excluding carboxylic acids is 1. The predicted octanol–water partition coefficient (Wildman–Crippen LogP) is 1.70. The van der Waals surface area contributed by atoms with Gasteiger partial charge in [-0.25, -0.2) is 18.2 Å². The number of nitrogens with zero attached hydrogens (tertiary/aromatic N) is 1. The van der Waals surface area contributed by atoms with Crippen molar-refractivity contribution in [3.63, 3.8) is 0 Å². The highest BCUT2D eigenvalue weighted by Crippen LogP contribution is 2.15. The van der Waals surface area contributed by atoms with Crippen LogP contribution in [-0.4, -0.2) is 28.8 Å². The summed E-state index contributed by atoms with van der Waals surface area (Å²) in [5.41, 5.74) is 0.534. The maximum Gasteiger partial charge on any atom is 0.255 e. The molecule has 0 bridgehead atoms. The Hall–Kier alpha value is -2.05. The SMILES string of the molecule is O=C(NCC(F)F)c1cc2nc[nH]c2cc1F. The molecule has 0 fully saturated rings. The maximum absolute atomic E-state index is 13.5. The number of H-pyrrole nitrogens is 1. The molecule has 0 aliphatic heterocycles. The molecule has 0 aliphatic carbocycles. The van der Waals surface area contributed by atoms with Gasteiger partial charge in [-0.15, -0.1) is 0 Å². The van der Waals surface area contributed by atoms with Gasteiger partial charge in [0.25, 0.3) is 12.3 Å². The van der Waals surface area contributed by atoms with E-state index in [1.807, 2.05) is 5.32 Å². The number of carbonyl (C=O) groups is 1. The van der Waals surface area contributed by atoms with Crippen LogP contribution in [0.1, 0.15) is 10.4 Å². The van der Waals surface area contributed by atoms with Crippen molar-refractivity contribution in [2.45, 2.75) is 6.43 Å². The Morgan fingerprint density at radius 1 is 1.47 bits per heavy atom. The van der Waals surface area contributed by atoms with Crippen molar-refractivity contribution >= 4 is 16.9 Å². The molecule has 0 radical (unpaired) electrons. The van der Waals surface area contributed by atoms with Crippen LogP contribution in [0, 0.1) is 5.82 Å². The van der Waals surface area contributed by atoms with Crippen LogP contribution in [0.25, 0.3) is 11.0 Å². The van der Waals surface area contributed by atoms with Gasteiger partial charge in [0.2, 0.25) is 0 Å². The molecular weight excluding hydrogens is 235 g/mol. The number of alkyl halides is 2. The molecule has 90 valence electrons. The number of amides is 1. The fourth-order valence-electron chi connectivity index (χ4n) is 1.39. The van der Waals surface area contributed by atoms with Crippen LogP contribution in [0.3, 0.4) is 0 Å². The summed E-state index contributed by atoms with van der Waals surface area (Å²) < 4.78 is 37.3.